The normalized spacial score (nSPS) is 16.5. The molecule has 0 aromatic rings. The van der Waals surface area contributed by atoms with Crippen LogP contribution < -0.4 is 5.32 Å². The zero-order chi connectivity index (χ0) is 15.0. The first kappa shape index (κ1) is 17.0. The average Bonchev–Trinajstić information content (AvgIpc) is 2.43. The van der Waals surface area contributed by atoms with Crippen LogP contribution in [0, 0.1) is 0 Å². The minimum atomic E-state index is 0.0504. The third-order valence-electron chi connectivity index (χ3n) is 3.51. The maximum atomic E-state index is 11.9. The van der Waals surface area contributed by atoms with Gasteiger partial charge in [0.1, 0.15) is 6.61 Å². The molecule has 0 unspecified atom stereocenters. The van der Waals surface area contributed by atoms with E-state index in [1.807, 2.05) is 18.7 Å². The fourth-order valence-electron chi connectivity index (χ4n) is 2.24. The molecular formula is C15H28N2O3. The van der Waals surface area contributed by atoms with Crippen molar-refractivity contribution in [3.8, 4) is 0 Å². The van der Waals surface area contributed by atoms with Gasteiger partial charge in [-0.2, -0.15) is 0 Å². The van der Waals surface area contributed by atoms with E-state index in [4.69, 9.17) is 4.74 Å². The summed E-state index contributed by atoms with van der Waals surface area (Å²) in [7, 11) is 0. The maximum absolute atomic E-state index is 11.9. The van der Waals surface area contributed by atoms with Crippen molar-refractivity contribution in [2.45, 2.75) is 65.0 Å². The van der Waals surface area contributed by atoms with Crippen LogP contribution in [0.5, 0.6) is 0 Å². The number of amides is 2. The van der Waals surface area contributed by atoms with E-state index in [9.17, 15) is 9.59 Å². The largest absolute Gasteiger partial charge is 0.369 e. The van der Waals surface area contributed by atoms with Gasteiger partial charge in [0.15, 0.2) is 0 Å². The lowest BCUT2D eigenvalue weighted by Gasteiger charge is -2.32. The quantitative estimate of drug-likeness (QED) is 0.774. The van der Waals surface area contributed by atoms with Gasteiger partial charge in [-0.25, -0.2) is 0 Å². The Morgan fingerprint density at radius 2 is 1.95 bits per heavy atom. The number of hydrogen-bond acceptors (Lipinski definition) is 3. The van der Waals surface area contributed by atoms with Crippen molar-refractivity contribution in [3.05, 3.63) is 0 Å². The van der Waals surface area contributed by atoms with E-state index < -0.39 is 0 Å². The number of hydrogen-bond donors (Lipinski definition) is 1. The third-order valence-corrected chi connectivity index (χ3v) is 3.51. The van der Waals surface area contributed by atoms with Crippen LogP contribution in [0.2, 0.25) is 0 Å². The molecular weight excluding hydrogens is 256 g/mol. The fraction of sp³-hybridized carbons (Fsp3) is 0.867. The van der Waals surface area contributed by atoms with E-state index in [1.54, 1.807) is 0 Å². The van der Waals surface area contributed by atoms with E-state index in [0.29, 0.717) is 19.5 Å². The van der Waals surface area contributed by atoms with Crippen LogP contribution in [0.25, 0.3) is 0 Å². The molecule has 0 atom stereocenters. The summed E-state index contributed by atoms with van der Waals surface area (Å²) >= 11 is 0. The Morgan fingerprint density at radius 3 is 2.50 bits per heavy atom. The Morgan fingerprint density at radius 1 is 1.30 bits per heavy atom. The highest BCUT2D eigenvalue weighted by Crippen LogP contribution is 2.11. The van der Waals surface area contributed by atoms with Gasteiger partial charge < -0.3 is 15.0 Å². The number of carbonyl (C=O) groups excluding carboxylic acids is 2. The van der Waals surface area contributed by atoms with Crippen LogP contribution in [-0.2, 0) is 14.3 Å². The van der Waals surface area contributed by atoms with Gasteiger partial charge in [0, 0.05) is 25.6 Å². The highest BCUT2D eigenvalue weighted by atomic mass is 16.5. The van der Waals surface area contributed by atoms with Gasteiger partial charge in [-0.05, 0) is 33.1 Å². The van der Waals surface area contributed by atoms with Crippen molar-refractivity contribution in [1.82, 2.24) is 10.2 Å². The lowest BCUT2D eigenvalue weighted by atomic mass is 10.0. The van der Waals surface area contributed by atoms with Crippen LogP contribution in [0.15, 0.2) is 0 Å². The molecule has 1 aliphatic heterocycles. The van der Waals surface area contributed by atoms with Crippen LogP contribution in [-0.4, -0.2) is 48.6 Å². The molecule has 0 spiro atoms. The van der Waals surface area contributed by atoms with Gasteiger partial charge in [0.2, 0.25) is 11.8 Å². The molecule has 1 fully saturated rings. The number of rotatable bonds is 7. The predicted octanol–water partition coefficient (Wildman–Crippen LogP) is 1.71. The summed E-state index contributed by atoms with van der Waals surface area (Å²) < 4.78 is 5.33. The number of likely N-dealkylation sites (tertiary alicyclic amines) is 1. The van der Waals surface area contributed by atoms with E-state index >= 15 is 0 Å². The number of nitrogens with zero attached hydrogens (tertiary/aromatic N) is 1. The summed E-state index contributed by atoms with van der Waals surface area (Å²) in [6, 6.07) is 0.217. The zero-order valence-electron chi connectivity index (χ0n) is 13.0. The highest BCUT2D eigenvalue weighted by Gasteiger charge is 2.23. The second-order valence-corrected chi connectivity index (χ2v) is 5.69. The number of unbranched alkanes of at least 4 members (excludes halogenated alkanes) is 1. The second-order valence-electron chi connectivity index (χ2n) is 5.69. The maximum Gasteiger partial charge on any atom is 0.248 e. The predicted molar refractivity (Wildman–Crippen MR) is 78.4 cm³/mol. The molecule has 20 heavy (non-hydrogen) atoms. The molecule has 0 aromatic heterocycles. The van der Waals surface area contributed by atoms with Crippen molar-refractivity contribution in [3.63, 3.8) is 0 Å². The Kier molecular flexibility index (Phi) is 7.59. The van der Waals surface area contributed by atoms with Gasteiger partial charge in [-0.3, -0.25) is 9.59 Å². The molecule has 2 amide bonds. The van der Waals surface area contributed by atoms with E-state index in [-0.39, 0.29) is 30.6 Å². The first-order valence-electron chi connectivity index (χ1n) is 7.71. The van der Waals surface area contributed by atoms with E-state index in [2.05, 4.69) is 12.2 Å². The number of piperidine rings is 1. The van der Waals surface area contributed by atoms with Crippen LogP contribution in [0.3, 0.4) is 0 Å². The Balaban J connectivity index is 2.22. The molecule has 1 heterocycles. The molecule has 0 bridgehead atoms. The monoisotopic (exact) mass is 284 g/mol. The Bertz CT molecular complexity index is 310. The van der Waals surface area contributed by atoms with Crippen LogP contribution in [0.1, 0.15) is 52.9 Å². The highest BCUT2D eigenvalue weighted by molar-refractivity contribution is 5.78. The minimum Gasteiger partial charge on any atom is -0.369 e. The van der Waals surface area contributed by atoms with Gasteiger partial charge in [0.05, 0.1) is 6.10 Å². The molecule has 0 radical (unpaired) electrons. The van der Waals surface area contributed by atoms with Gasteiger partial charge in [-0.15, -0.1) is 0 Å². The molecule has 1 N–H and O–H groups in total. The Labute approximate surface area is 122 Å². The number of nitrogens with one attached hydrogen (secondary N) is 1. The molecule has 1 saturated heterocycles. The SMILES string of the molecule is CCCCC(=O)NC1CCN(C(=O)COC(C)C)CC1. The third kappa shape index (κ3) is 6.37. The standard InChI is InChI=1S/C15H28N2O3/c1-4-5-6-14(18)16-13-7-9-17(10-8-13)15(19)11-20-12(2)3/h12-13H,4-11H2,1-3H3,(H,16,18). The Hall–Kier alpha value is -1.10. The van der Waals surface area contributed by atoms with E-state index in [0.717, 1.165) is 25.7 Å². The summed E-state index contributed by atoms with van der Waals surface area (Å²) in [5, 5.41) is 3.06. The smallest absolute Gasteiger partial charge is 0.248 e. The van der Waals surface area contributed by atoms with Crippen molar-refractivity contribution in [2.24, 2.45) is 0 Å². The van der Waals surface area contributed by atoms with Crippen LogP contribution in [0.4, 0.5) is 0 Å². The number of ether oxygens (including phenoxy) is 1. The molecule has 0 saturated carbocycles. The minimum absolute atomic E-state index is 0.0504. The molecule has 0 aromatic carbocycles. The number of carbonyl (C=O) groups is 2. The van der Waals surface area contributed by atoms with E-state index in [1.165, 1.54) is 0 Å². The summed E-state index contributed by atoms with van der Waals surface area (Å²) in [6.07, 6.45) is 4.34. The van der Waals surface area contributed by atoms with Gasteiger partial charge in [-0.1, -0.05) is 13.3 Å². The summed E-state index contributed by atoms with van der Waals surface area (Å²) in [5.41, 5.74) is 0. The molecule has 1 aliphatic rings. The lowest BCUT2D eigenvalue weighted by molar-refractivity contribution is -0.138. The zero-order valence-corrected chi connectivity index (χ0v) is 13.0. The lowest BCUT2D eigenvalue weighted by Crippen LogP contribution is -2.47. The van der Waals surface area contributed by atoms with Crippen molar-refractivity contribution in [1.29, 1.82) is 0 Å². The second kappa shape index (κ2) is 8.95. The fourth-order valence-corrected chi connectivity index (χ4v) is 2.24. The van der Waals surface area contributed by atoms with Crippen molar-refractivity contribution in [2.75, 3.05) is 19.7 Å². The molecule has 0 aliphatic carbocycles. The molecule has 1 rings (SSSR count). The van der Waals surface area contributed by atoms with Gasteiger partial charge >= 0.3 is 0 Å². The first-order chi connectivity index (χ1) is 9.52. The summed E-state index contributed by atoms with van der Waals surface area (Å²) in [4.78, 5) is 25.4. The average molecular weight is 284 g/mol. The molecule has 5 nitrogen and oxygen atoms in total. The van der Waals surface area contributed by atoms with Gasteiger partial charge in [0.25, 0.3) is 0 Å². The molecule has 5 heteroatoms. The van der Waals surface area contributed by atoms with Crippen LogP contribution >= 0.6 is 0 Å². The summed E-state index contributed by atoms with van der Waals surface area (Å²) in [6.45, 7) is 7.50. The summed E-state index contributed by atoms with van der Waals surface area (Å²) in [5.74, 6) is 0.189. The van der Waals surface area contributed by atoms with Crippen molar-refractivity contribution >= 4 is 11.8 Å². The topological polar surface area (TPSA) is 58.6 Å². The first-order valence-corrected chi connectivity index (χ1v) is 7.71. The molecule has 116 valence electrons. The van der Waals surface area contributed by atoms with Crippen molar-refractivity contribution < 1.29 is 14.3 Å².